The van der Waals surface area contributed by atoms with Gasteiger partial charge in [0.1, 0.15) is 6.10 Å². The van der Waals surface area contributed by atoms with Gasteiger partial charge in [-0.1, -0.05) is 0 Å². The number of carbonyl (C=O) groups excluding carboxylic acids is 1. The van der Waals surface area contributed by atoms with Crippen molar-refractivity contribution in [3.8, 4) is 0 Å². The van der Waals surface area contributed by atoms with E-state index in [2.05, 4.69) is 4.74 Å². The number of carbonyl (C=O) groups is 1. The van der Waals surface area contributed by atoms with E-state index in [0.717, 1.165) is 0 Å². The predicted molar refractivity (Wildman–Crippen MR) is 42.8 cm³/mol. The number of nitrogens with zero attached hydrogens (tertiary/aromatic N) is 1. The van der Waals surface area contributed by atoms with Crippen LogP contribution in [0.3, 0.4) is 0 Å². The Morgan fingerprint density at radius 3 is 2.20 bits per heavy atom. The molecule has 0 aromatic heterocycles. The van der Waals surface area contributed by atoms with Crippen molar-refractivity contribution in [2.45, 2.75) is 12.2 Å². The number of rotatable bonds is 2. The molecule has 0 saturated carbocycles. The van der Waals surface area contributed by atoms with Crippen LogP contribution in [-0.2, 0) is 9.53 Å². The van der Waals surface area contributed by atoms with Crippen molar-refractivity contribution in [3.05, 3.63) is 16.4 Å². The second kappa shape index (κ2) is 5.78. The lowest BCUT2D eigenvalue weighted by atomic mass is 10.2. The van der Waals surface area contributed by atoms with Crippen LogP contribution in [0.25, 0.3) is 0 Å². The summed E-state index contributed by atoms with van der Waals surface area (Å²) in [7, 11) is 0. The van der Waals surface area contributed by atoms with Crippen molar-refractivity contribution < 1.29 is 35.2 Å². The van der Waals surface area contributed by atoms with Crippen LogP contribution in [0.5, 0.6) is 0 Å². The van der Waals surface area contributed by atoms with Crippen molar-refractivity contribution in [1.29, 1.82) is 0 Å². The fraction of sp³-hybridized carbons (Fsp3) is 0.500. The van der Waals surface area contributed by atoms with Crippen LogP contribution >= 0.6 is 0 Å². The quantitative estimate of drug-likeness (QED) is 0.220. The SMILES string of the molecule is O=C1O[C@H](C(O)CO)C(O)=C1O.O=NO. The molecule has 86 valence electrons. The molecule has 0 bridgehead atoms. The fourth-order valence-electron chi connectivity index (χ4n) is 0.823. The van der Waals surface area contributed by atoms with Crippen molar-refractivity contribution in [1.82, 2.24) is 0 Å². The molecule has 1 rings (SSSR count). The first-order chi connectivity index (χ1) is 6.99. The van der Waals surface area contributed by atoms with Gasteiger partial charge in [-0.3, -0.25) is 0 Å². The van der Waals surface area contributed by atoms with E-state index in [-0.39, 0.29) is 0 Å². The molecule has 9 nitrogen and oxygen atoms in total. The summed E-state index contributed by atoms with van der Waals surface area (Å²) in [6.45, 7) is -0.671. The summed E-state index contributed by atoms with van der Waals surface area (Å²) in [6, 6.07) is 0. The van der Waals surface area contributed by atoms with Crippen LogP contribution in [0.2, 0.25) is 0 Å². The zero-order valence-corrected chi connectivity index (χ0v) is 7.27. The van der Waals surface area contributed by atoms with E-state index >= 15 is 0 Å². The minimum Gasteiger partial charge on any atom is -0.505 e. The molecular weight excluding hydrogens is 214 g/mol. The molecule has 15 heavy (non-hydrogen) atoms. The highest BCUT2D eigenvalue weighted by molar-refractivity contribution is 5.89. The van der Waals surface area contributed by atoms with Gasteiger partial charge in [0.25, 0.3) is 0 Å². The molecule has 0 aromatic carbocycles. The van der Waals surface area contributed by atoms with E-state index in [9.17, 15) is 4.79 Å². The summed E-state index contributed by atoms with van der Waals surface area (Å²) >= 11 is 0. The third kappa shape index (κ3) is 3.07. The molecule has 1 aliphatic rings. The highest BCUT2D eigenvalue weighted by Crippen LogP contribution is 2.20. The molecule has 2 atom stereocenters. The van der Waals surface area contributed by atoms with Gasteiger partial charge in [-0.05, 0) is 0 Å². The van der Waals surface area contributed by atoms with Crippen molar-refractivity contribution in [2.75, 3.05) is 6.61 Å². The summed E-state index contributed by atoms with van der Waals surface area (Å²) in [5.74, 6) is -2.78. The molecule has 1 aliphatic heterocycles. The lowest BCUT2D eigenvalue weighted by molar-refractivity contribution is -0.147. The first-order valence-corrected chi connectivity index (χ1v) is 3.58. The second-order valence-electron chi connectivity index (χ2n) is 2.39. The molecule has 0 aromatic rings. The minimum absolute atomic E-state index is 0.671. The molecule has 0 saturated heterocycles. The van der Waals surface area contributed by atoms with Gasteiger partial charge in [-0.15, -0.1) is 4.91 Å². The Morgan fingerprint density at radius 2 is 1.93 bits per heavy atom. The molecular formula is C6H9NO8. The smallest absolute Gasteiger partial charge is 0.377 e. The van der Waals surface area contributed by atoms with Crippen molar-refractivity contribution in [2.24, 2.45) is 5.34 Å². The summed E-state index contributed by atoms with van der Waals surface area (Å²) in [4.78, 5) is 18.6. The molecule has 0 radical (unpaired) electrons. The van der Waals surface area contributed by atoms with Crippen LogP contribution in [0, 0.1) is 4.91 Å². The van der Waals surface area contributed by atoms with Crippen molar-refractivity contribution in [3.63, 3.8) is 0 Å². The van der Waals surface area contributed by atoms with Gasteiger partial charge in [-0.25, -0.2) is 4.79 Å². The number of aliphatic hydroxyl groups excluding tert-OH is 4. The second-order valence-corrected chi connectivity index (χ2v) is 2.39. The Morgan fingerprint density at radius 1 is 1.47 bits per heavy atom. The normalized spacial score (nSPS) is 21.5. The lowest BCUT2D eigenvalue weighted by Crippen LogP contribution is -2.31. The lowest BCUT2D eigenvalue weighted by Gasteiger charge is -2.13. The maximum atomic E-state index is 10.5. The van der Waals surface area contributed by atoms with Gasteiger partial charge < -0.3 is 30.4 Å². The van der Waals surface area contributed by atoms with Crippen LogP contribution in [0.15, 0.2) is 16.9 Å². The monoisotopic (exact) mass is 223 g/mol. The standard InChI is InChI=1S/C6H8O6.HNO2/c7-1-2(8)5-3(9)4(10)6(11)12-5;2-1-3/h2,5,7-10H,1H2;(H,2,3)/t2?,5-;/m1./s1. The van der Waals surface area contributed by atoms with Gasteiger partial charge >= 0.3 is 5.97 Å². The molecule has 0 fully saturated rings. The van der Waals surface area contributed by atoms with Gasteiger partial charge in [0.2, 0.25) is 5.76 Å². The number of hydrogen-bond acceptors (Lipinski definition) is 8. The van der Waals surface area contributed by atoms with Gasteiger partial charge in [0.05, 0.1) is 6.61 Å². The zero-order valence-electron chi connectivity index (χ0n) is 7.27. The van der Waals surface area contributed by atoms with Crippen LogP contribution < -0.4 is 0 Å². The molecule has 9 heteroatoms. The van der Waals surface area contributed by atoms with Gasteiger partial charge in [-0.2, -0.15) is 0 Å². The molecule has 1 heterocycles. The number of hydrogen-bond donors (Lipinski definition) is 5. The highest BCUT2D eigenvalue weighted by atomic mass is 16.6. The largest absolute Gasteiger partial charge is 0.505 e. The topological polar surface area (TPSA) is 157 Å². The third-order valence-electron chi connectivity index (χ3n) is 1.48. The molecule has 5 N–H and O–H groups in total. The summed E-state index contributed by atoms with van der Waals surface area (Å²) in [6.07, 6.45) is -2.78. The Balaban J connectivity index is 0.000000583. The Labute approximate surface area is 82.8 Å². The zero-order chi connectivity index (χ0) is 12.0. The van der Waals surface area contributed by atoms with Crippen LogP contribution in [0.1, 0.15) is 0 Å². The van der Waals surface area contributed by atoms with E-state index < -0.39 is 36.3 Å². The summed E-state index contributed by atoms with van der Waals surface area (Å²) in [5, 5.41) is 42.9. The molecule has 0 aliphatic carbocycles. The number of aliphatic hydroxyl groups is 4. The number of esters is 1. The van der Waals surface area contributed by atoms with Gasteiger partial charge in [0, 0.05) is 0 Å². The van der Waals surface area contributed by atoms with E-state index in [1.165, 1.54) is 5.34 Å². The maximum absolute atomic E-state index is 10.5. The van der Waals surface area contributed by atoms with Crippen LogP contribution in [0.4, 0.5) is 0 Å². The first-order valence-electron chi connectivity index (χ1n) is 3.58. The Hall–Kier alpha value is -1.87. The summed E-state index contributed by atoms with van der Waals surface area (Å²) in [5.41, 5.74) is 0. The fourth-order valence-corrected chi connectivity index (χ4v) is 0.823. The molecule has 0 spiro atoms. The van der Waals surface area contributed by atoms with E-state index in [1.807, 2.05) is 0 Å². The Kier molecular flexibility index (Phi) is 5.06. The van der Waals surface area contributed by atoms with E-state index in [0.29, 0.717) is 0 Å². The average molecular weight is 223 g/mol. The third-order valence-corrected chi connectivity index (χ3v) is 1.48. The number of cyclic esters (lactones) is 1. The maximum Gasteiger partial charge on any atom is 0.377 e. The van der Waals surface area contributed by atoms with E-state index in [1.54, 1.807) is 0 Å². The van der Waals surface area contributed by atoms with E-state index in [4.69, 9.17) is 30.5 Å². The number of ether oxygens (including phenoxy) is 1. The summed E-state index contributed by atoms with van der Waals surface area (Å²) < 4.78 is 4.32. The predicted octanol–water partition coefficient (Wildman–Crippen LogP) is -1.27. The van der Waals surface area contributed by atoms with Crippen molar-refractivity contribution >= 4 is 5.97 Å². The molecule has 1 unspecified atom stereocenters. The molecule has 0 amide bonds. The van der Waals surface area contributed by atoms with Crippen LogP contribution in [-0.4, -0.2) is 50.4 Å². The minimum atomic E-state index is -1.42. The Bertz CT molecular complexity index is 274. The highest BCUT2D eigenvalue weighted by Gasteiger charge is 2.38. The van der Waals surface area contributed by atoms with Gasteiger partial charge in [0.15, 0.2) is 17.2 Å². The first kappa shape index (κ1) is 13.1. The average Bonchev–Trinajstić information content (AvgIpc) is 2.46.